The number of hydrogen-bond donors (Lipinski definition) is 0. The quantitative estimate of drug-likeness (QED) is 0.728. The maximum Gasteiger partial charge on any atom is 0.224 e. The number of methoxy groups -OCH3 is 1. The second kappa shape index (κ2) is 9.39. The second-order valence-corrected chi connectivity index (χ2v) is 6.95. The molecule has 0 aliphatic carbocycles. The lowest BCUT2D eigenvalue weighted by Crippen LogP contribution is -2.54. The number of benzene rings is 1. The maximum atomic E-state index is 12.4. The number of rotatable bonds is 7. The highest BCUT2D eigenvalue weighted by Crippen LogP contribution is 2.31. The number of unbranched alkanes of at least 4 members (excludes halogenated alkanes) is 1. The van der Waals surface area contributed by atoms with Crippen LogP contribution in [0.3, 0.4) is 0 Å². The molecule has 0 spiro atoms. The molecule has 1 aromatic heterocycles. The van der Waals surface area contributed by atoms with Crippen molar-refractivity contribution in [1.82, 2.24) is 14.9 Å². The summed E-state index contributed by atoms with van der Waals surface area (Å²) in [6.45, 7) is 6.38. The second-order valence-electron chi connectivity index (χ2n) is 6.95. The van der Waals surface area contributed by atoms with Gasteiger partial charge in [0.15, 0.2) is 11.5 Å². The van der Waals surface area contributed by atoms with Crippen molar-refractivity contribution in [2.75, 3.05) is 31.6 Å². The van der Waals surface area contributed by atoms with Crippen LogP contribution in [0, 0.1) is 0 Å². The molecule has 1 amide bonds. The van der Waals surface area contributed by atoms with Gasteiger partial charge in [0.2, 0.25) is 11.8 Å². The van der Waals surface area contributed by atoms with E-state index < -0.39 is 0 Å². The molecule has 1 aliphatic rings. The van der Waals surface area contributed by atoms with E-state index in [4.69, 9.17) is 9.47 Å². The summed E-state index contributed by atoms with van der Waals surface area (Å²) >= 11 is 0. The highest BCUT2D eigenvalue weighted by atomic mass is 16.5. The number of amides is 1. The van der Waals surface area contributed by atoms with Crippen molar-refractivity contribution in [3.8, 4) is 17.4 Å². The molecule has 2 heterocycles. The number of piperazine rings is 1. The van der Waals surface area contributed by atoms with Gasteiger partial charge in [-0.15, -0.1) is 0 Å². The van der Waals surface area contributed by atoms with Gasteiger partial charge in [0.25, 0.3) is 0 Å². The van der Waals surface area contributed by atoms with Crippen molar-refractivity contribution < 1.29 is 14.3 Å². The summed E-state index contributed by atoms with van der Waals surface area (Å²) in [6, 6.07) is 9.42. The minimum absolute atomic E-state index is 0.145. The molecular formula is C21H28N4O3. The first kappa shape index (κ1) is 19.9. The number of para-hydroxylation sites is 2. The van der Waals surface area contributed by atoms with E-state index in [-0.39, 0.29) is 11.9 Å². The zero-order valence-corrected chi connectivity index (χ0v) is 16.8. The molecule has 3 rings (SSSR count). The lowest BCUT2D eigenvalue weighted by atomic mass is 10.1. The Morgan fingerprint density at radius 3 is 2.71 bits per heavy atom. The van der Waals surface area contributed by atoms with Crippen LogP contribution in [0.1, 0.15) is 33.1 Å². The monoisotopic (exact) mass is 384 g/mol. The Bertz CT molecular complexity index is 799. The number of carbonyl (C=O) groups is 1. The molecule has 2 aromatic rings. The van der Waals surface area contributed by atoms with Gasteiger partial charge in [-0.2, -0.15) is 0 Å². The van der Waals surface area contributed by atoms with E-state index in [9.17, 15) is 4.79 Å². The predicted molar refractivity (Wildman–Crippen MR) is 108 cm³/mol. The topological polar surface area (TPSA) is 67.8 Å². The molecule has 1 aliphatic heterocycles. The summed E-state index contributed by atoms with van der Waals surface area (Å²) in [6.07, 6.45) is 4.12. The van der Waals surface area contributed by atoms with E-state index in [2.05, 4.69) is 28.7 Å². The summed E-state index contributed by atoms with van der Waals surface area (Å²) in [7, 11) is 1.61. The summed E-state index contributed by atoms with van der Waals surface area (Å²) in [5, 5.41) is 0. The van der Waals surface area contributed by atoms with Gasteiger partial charge in [0.1, 0.15) is 12.1 Å². The van der Waals surface area contributed by atoms with Gasteiger partial charge in [-0.1, -0.05) is 25.5 Å². The Morgan fingerprint density at radius 2 is 2.00 bits per heavy atom. The molecule has 150 valence electrons. The van der Waals surface area contributed by atoms with E-state index in [1.54, 1.807) is 7.11 Å². The molecule has 7 nitrogen and oxygen atoms in total. The smallest absolute Gasteiger partial charge is 0.224 e. The number of ether oxygens (including phenoxy) is 2. The Hall–Kier alpha value is -2.83. The lowest BCUT2D eigenvalue weighted by Gasteiger charge is -2.40. The molecule has 1 saturated heterocycles. The molecule has 0 bridgehead atoms. The van der Waals surface area contributed by atoms with E-state index >= 15 is 0 Å². The van der Waals surface area contributed by atoms with Crippen LogP contribution in [0.5, 0.6) is 17.4 Å². The van der Waals surface area contributed by atoms with Crippen molar-refractivity contribution in [1.29, 1.82) is 0 Å². The third kappa shape index (κ3) is 4.71. The van der Waals surface area contributed by atoms with Crippen LogP contribution in [0.2, 0.25) is 0 Å². The summed E-state index contributed by atoms with van der Waals surface area (Å²) < 4.78 is 11.2. The van der Waals surface area contributed by atoms with Gasteiger partial charge in [-0.05, 0) is 25.5 Å². The van der Waals surface area contributed by atoms with Crippen LogP contribution in [0.4, 0.5) is 5.82 Å². The zero-order valence-electron chi connectivity index (χ0n) is 16.8. The van der Waals surface area contributed by atoms with Gasteiger partial charge >= 0.3 is 0 Å². The molecule has 1 unspecified atom stereocenters. The number of aromatic nitrogens is 2. The first-order valence-electron chi connectivity index (χ1n) is 9.79. The van der Waals surface area contributed by atoms with Gasteiger partial charge in [-0.3, -0.25) is 4.79 Å². The minimum Gasteiger partial charge on any atom is -0.493 e. The number of anilines is 1. The molecule has 0 saturated carbocycles. The minimum atomic E-state index is 0.145. The fourth-order valence-corrected chi connectivity index (χ4v) is 3.38. The van der Waals surface area contributed by atoms with Crippen molar-refractivity contribution in [2.24, 2.45) is 0 Å². The number of carbonyl (C=O) groups excluding carboxylic acids is 1. The normalized spacial score (nSPS) is 16.8. The van der Waals surface area contributed by atoms with Crippen LogP contribution < -0.4 is 14.4 Å². The number of hydrogen-bond acceptors (Lipinski definition) is 6. The lowest BCUT2D eigenvalue weighted by molar-refractivity contribution is -0.133. The zero-order chi connectivity index (χ0) is 19.9. The number of nitrogens with zero attached hydrogens (tertiary/aromatic N) is 4. The summed E-state index contributed by atoms with van der Waals surface area (Å²) in [5.74, 6) is 2.76. The van der Waals surface area contributed by atoms with Crippen molar-refractivity contribution in [3.05, 3.63) is 36.7 Å². The first-order chi connectivity index (χ1) is 13.6. The fourth-order valence-electron chi connectivity index (χ4n) is 3.38. The van der Waals surface area contributed by atoms with Crippen LogP contribution >= 0.6 is 0 Å². The Balaban J connectivity index is 1.67. The summed E-state index contributed by atoms with van der Waals surface area (Å²) in [5.41, 5.74) is 0. The average Bonchev–Trinajstić information content (AvgIpc) is 2.72. The molecule has 0 N–H and O–H groups in total. The van der Waals surface area contributed by atoms with Crippen molar-refractivity contribution in [3.63, 3.8) is 0 Å². The van der Waals surface area contributed by atoms with E-state index in [0.717, 1.165) is 31.7 Å². The van der Waals surface area contributed by atoms with Crippen molar-refractivity contribution in [2.45, 2.75) is 39.2 Å². The summed E-state index contributed by atoms with van der Waals surface area (Å²) in [4.78, 5) is 25.2. The maximum absolute atomic E-state index is 12.4. The molecule has 1 fully saturated rings. The van der Waals surface area contributed by atoms with Crippen molar-refractivity contribution >= 4 is 11.7 Å². The van der Waals surface area contributed by atoms with Gasteiger partial charge < -0.3 is 19.3 Å². The highest BCUT2D eigenvalue weighted by Gasteiger charge is 2.27. The predicted octanol–water partition coefficient (Wildman–Crippen LogP) is 3.50. The highest BCUT2D eigenvalue weighted by molar-refractivity contribution is 5.76. The SMILES string of the molecule is CCCCC(=O)N1CCN(c2cc(Oc3ccccc3OC)ncn2)CC1C. The Labute approximate surface area is 166 Å². The van der Waals surface area contributed by atoms with Gasteiger partial charge in [0.05, 0.1) is 7.11 Å². The van der Waals surface area contributed by atoms with E-state index in [1.807, 2.05) is 35.2 Å². The molecule has 0 radical (unpaired) electrons. The molecule has 7 heteroatoms. The van der Waals surface area contributed by atoms with Gasteiger partial charge in [0, 0.05) is 38.2 Å². The van der Waals surface area contributed by atoms with Gasteiger partial charge in [-0.25, -0.2) is 9.97 Å². The molecular weight excluding hydrogens is 356 g/mol. The third-order valence-corrected chi connectivity index (χ3v) is 4.93. The Morgan fingerprint density at radius 1 is 1.21 bits per heavy atom. The molecule has 1 aromatic carbocycles. The van der Waals surface area contributed by atoms with Crippen LogP contribution in [-0.4, -0.2) is 53.6 Å². The molecule has 1 atom stereocenters. The van der Waals surface area contributed by atoms with E-state index in [0.29, 0.717) is 30.3 Å². The standard InChI is InChI=1S/C21H28N4O3/c1-4-5-10-21(26)25-12-11-24(14-16(25)2)19-13-20(23-15-22-19)28-18-9-7-6-8-17(18)27-3/h6-9,13,15-16H,4-5,10-12,14H2,1-3H3. The van der Waals surface area contributed by atoms with Crippen LogP contribution in [-0.2, 0) is 4.79 Å². The largest absolute Gasteiger partial charge is 0.493 e. The third-order valence-electron chi connectivity index (χ3n) is 4.93. The first-order valence-corrected chi connectivity index (χ1v) is 9.79. The van der Waals surface area contributed by atoms with E-state index in [1.165, 1.54) is 6.33 Å². The van der Waals surface area contributed by atoms with Crippen LogP contribution in [0.15, 0.2) is 36.7 Å². The average molecular weight is 384 g/mol. The Kier molecular flexibility index (Phi) is 6.68. The molecule has 28 heavy (non-hydrogen) atoms. The van der Waals surface area contributed by atoms with Crippen LogP contribution in [0.25, 0.3) is 0 Å². The fraction of sp³-hybridized carbons (Fsp3) is 0.476.